The first-order chi connectivity index (χ1) is 25.4. The lowest BCUT2D eigenvalue weighted by atomic mass is 9.89. The van der Waals surface area contributed by atoms with E-state index >= 15 is 0 Å². The molecular formula is C31H50N2O21. The van der Waals surface area contributed by atoms with Crippen LogP contribution in [-0.4, -0.2) is 206 Å². The monoisotopic (exact) mass is 786 g/mol. The van der Waals surface area contributed by atoms with Crippen LogP contribution in [0.1, 0.15) is 27.7 Å². The normalized spacial score (nSPS) is 45.6. The highest BCUT2D eigenvalue weighted by Gasteiger charge is 2.57. The predicted molar refractivity (Wildman–Crippen MR) is 170 cm³/mol. The summed E-state index contributed by atoms with van der Waals surface area (Å²) < 4.78 is 45.1. The van der Waals surface area contributed by atoms with Gasteiger partial charge < -0.3 is 94.5 Å². The lowest BCUT2D eigenvalue weighted by Gasteiger charge is -2.50. The Labute approximate surface area is 307 Å². The molecule has 23 heteroatoms. The van der Waals surface area contributed by atoms with Crippen LogP contribution in [0.4, 0.5) is 0 Å². The van der Waals surface area contributed by atoms with Gasteiger partial charge in [-0.25, -0.2) is 9.59 Å². The zero-order chi connectivity index (χ0) is 40.3. The Bertz CT molecular complexity index is 1310. The third kappa shape index (κ3) is 9.28. The first-order valence-corrected chi connectivity index (χ1v) is 17.1. The maximum Gasteiger partial charge on any atom is 0.335 e. The minimum absolute atomic E-state index is 0.537. The first-order valence-electron chi connectivity index (χ1n) is 17.1. The molecule has 0 aromatic heterocycles. The predicted octanol–water partition coefficient (Wildman–Crippen LogP) is -6.28. The summed E-state index contributed by atoms with van der Waals surface area (Å²) in [6.07, 6.45) is -28.4. The smallest absolute Gasteiger partial charge is 0.335 e. The van der Waals surface area contributed by atoms with Crippen molar-refractivity contribution >= 4 is 23.8 Å². The van der Waals surface area contributed by atoms with Gasteiger partial charge >= 0.3 is 11.9 Å². The highest BCUT2D eigenvalue weighted by Crippen LogP contribution is 2.36. The second-order valence-corrected chi connectivity index (χ2v) is 13.6. The molecule has 0 aromatic carbocycles. The zero-order valence-electron chi connectivity index (χ0n) is 29.9. The summed E-state index contributed by atoms with van der Waals surface area (Å²) in [6, 6.07) is -2.67. The molecule has 2 amide bonds. The molecule has 4 saturated heterocycles. The van der Waals surface area contributed by atoms with Gasteiger partial charge in [-0.3, -0.25) is 9.59 Å². The molecule has 0 spiro atoms. The molecule has 4 heterocycles. The molecule has 0 saturated carbocycles. The summed E-state index contributed by atoms with van der Waals surface area (Å²) in [6.45, 7) is 3.56. The van der Waals surface area contributed by atoms with Gasteiger partial charge in [0.05, 0.1) is 25.4 Å². The molecule has 0 aliphatic carbocycles. The van der Waals surface area contributed by atoms with Crippen LogP contribution in [0.5, 0.6) is 0 Å². The van der Waals surface area contributed by atoms with Crippen molar-refractivity contribution in [1.29, 1.82) is 0 Å². The third-order valence-electron chi connectivity index (χ3n) is 9.83. The van der Waals surface area contributed by atoms with Crippen molar-refractivity contribution in [2.24, 2.45) is 5.92 Å². The van der Waals surface area contributed by atoms with E-state index in [0.29, 0.717) is 0 Å². The summed E-state index contributed by atoms with van der Waals surface area (Å²) in [4.78, 5) is 48.9. The Hall–Kier alpha value is -2.72. The number of carbonyl (C=O) groups is 4. The van der Waals surface area contributed by atoms with Crippen LogP contribution < -0.4 is 10.6 Å². The largest absolute Gasteiger partial charge is 0.479 e. The molecule has 4 rings (SSSR count). The van der Waals surface area contributed by atoms with E-state index in [9.17, 15) is 65.1 Å². The van der Waals surface area contributed by atoms with Crippen LogP contribution >= 0.6 is 0 Å². The molecule has 54 heavy (non-hydrogen) atoms. The molecule has 4 fully saturated rings. The van der Waals surface area contributed by atoms with Gasteiger partial charge in [0.25, 0.3) is 0 Å². The maximum atomic E-state index is 12.6. The van der Waals surface area contributed by atoms with Gasteiger partial charge in [-0.2, -0.15) is 0 Å². The maximum absolute atomic E-state index is 12.6. The highest BCUT2D eigenvalue weighted by molar-refractivity contribution is 5.74. The highest BCUT2D eigenvalue weighted by atomic mass is 16.8. The minimum atomic E-state index is -1.99. The summed E-state index contributed by atoms with van der Waals surface area (Å²) >= 11 is 0. The Balaban J connectivity index is 1.62. The van der Waals surface area contributed by atoms with Crippen LogP contribution in [0.25, 0.3) is 0 Å². The summed E-state index contributed by atoms with van der Waals surface area (Å²) in [5.41, 5.74) is 0. The van der Waals surface area contributed by atoms with Crippen molar-refractivity contribution < 1.29 is 103 Å². The number of aliphatic hydroxyl groups is 7. The standard InChI is InChI=1S/C31H50N2O21/c1-8-16(38)30(51-22-14(32-10(3)36)9(2)48-12(6-34)17(22)39)53-25(27(43)44)21(8)50-29-15(33-11(4)37)23(18(40)13(7-35)49-29)52-31-20(42)19(41)24(47-5)26(54-31)28(45)46/h8-9,12-26,29-31,34-35,38-42H,6-7H2,1-5H3,(H,32,36)(H,33,37)(H,43,44)(H,45,46). The molecular weight excluding hydrogens is 736 g/mol. The number of aliphatic hydroxyl groups excluding tert-OH is 7. The van der Waals surface area contributed by atoms with Crippen molar-refractivity contribution in [1.82, 2.24) is 10.6 Å². The van der Waals surface area contributed by atoms with Crippen LogP contribution in [0.3, 0.4) is 0 Å². The number of carbonyl (C=O) groups excluding carboxylic acids is 2. The number of nitrogens with one attached hydrogen (secondary N) is 2. The molecule has 20 unspecified atom stereocenters. The van der Waals surface area contributed by atoms with Gasteiger partial charge in [0.2, 0.25) is 11.8 Å². The molecule has 0 radical (unpaired) electrons. The Morgan fingerprint density at radius 2 is 1.02 bits per heavy atom. The molecule has 0 aromatic rings. The van der Waals surface area contributed by atoms with Crippen molar-refractivity contribution in [3.05, 3.63) is 0 Å². The number of methoxy groups -OCH3 is 1. The van der Waals surface area contributed by atoms with Crippen LogP contribution in [0.2, 0.25) is 0 Å². The van der Waals surface area contributed by atoms with Gasteiger partial charge in [-0.05, 0) is 6.92 Å². The second-order valence-electron chi connectivity index (χ2n) is 13.6. The molecule has 11 N–H and O–H groups in total. The quantitative estimate of drug-likeness (QED) is 0.0827. The van der Waals surface area contributed by atoms with E-state index in [-0.39, 0.29) is 0 Å². The average molecular weight is 787 g/mol. The van der Waals surface area contributed by atoms with Gasteiger partial charge in [-0.15, -0.1) is 0 Å². The molecule has 0 bridgehead atoms. The Morgan fingerprint density at radius 1 is 0.574 bits per heavy atom. The zero-order valence-corrected chi connectivity index (χ0v) is 29.9. The Morgan fingerprint density at radius 3 is 1.50 bits per heavy atom. The Kier molecular flexibility index (Phi) is 15.1. The number of carboxylic acids is 2. The number of carboxylic acid groups (broad SMARTS) is 2. The average Bonchev–Trinajstić information content (AvgIpc) is 3.10. The number of rotatable bonds is 13. The third-order valence-corrected chi connectivity index (χ3v) is 9.83. The van der Waals surface area contributed by atoms with Crippen molar-refractivity contribution in [2.45, 2.75) is 144 Å². The topological polar surface area (TPSA) is 348 Å². The second kappa shape index (κ2) is 18.5. The van der Waals surface area contributed by atoms with E-state index < -0.39 is 159 Å². The lowest BCUT2D eigenvalue weighted by Crippen LogP contribution is -2.70. The number of aliphatic carboxylic acids is 2. The van der Waals surface area contributed by atoms with Crippen molar-refractivity contribution in [3.63, 3.8) is 0 Å². The lowest BCUT2D eigenvalue weighted by molar-refractivity contribution is -0.362. The molecule has 4 aliphatic heterocycles. The van der Waals surface area contributed by atoms with E-state index in [1.807, 2.05) is 0 Å². The fourth-order valence-electron chi connectivity index (χ4n) is 7.02. The molecule has 4 aliphatic rings. The summed E-state index contributed by atoms with van der Waals surface area (Å²) in [5, 5.41) is 99.6. The summed E-state index contributed by atoms with van der Waals surface area (Å²) in [7, 11) is 1.07. The molecule has 23 nitrogen and oxygen atoms in total. The van der Waals surface area contributed by atoms with Crippen molar-refractivity contribution in [3.8, 4) is 0 Å². The minimum Gasteiger partial charge on any atom is -0.479 e. The molecule has 20 atom stereocenters. The van der Waals surface area contributed by atoms with E-state index in [1.54, 1.807) is 0 Å². The fraction of sp³-hybridized carbons (Fsp3) is 0.871. The van der Waals surface area contributed by atoms with Crippen molar-refractivity contribution in [2.75, 3.05) is 20.3 Å². The fourth-order valence-corrected chi connectivity index (χ4v) is 7.02. The van der Waals surface area contributed by atoms with Gasteiger partial charge in [0.15, 0.2) is 31.1 Å². The van der Waals surface area contributed by atoms with E-state index in [4.69, 9.17) is 37.9 Å². The van der Waals surface area contributed by atoms with E-state index in [1.165, 1.54) is 20.8 Å². The summed E-state index contributed by atoms with van der Waals surface area (Å²) in [5.74, 6) is -5.78. The van der Waals surface area contributed by atoms with Crippen LogP contribution in [-0.2, 0) is 57.1 Å². The molecule has 310 valence electrons. The van der Waals surface area contributed by atoms with Crippen LogP contribution in [0, 0.1) is 5.92 Å². The number of amides is 2. The first kappa shape index (κ1) is 44.0. The van der Waals surface area contributed by atoms with Gasteiger partial charge in [-0.1, -0.05) is 6.92 Å². The van der Waals surface area contributed by atoms with Gasteiger partial charge in [0.1, 0.15) is 73.2 Å². The van der Waals surface area contributed by atoms with Gasteiger partial charge in [0, 0.05) is 26.9 Å². The number of ether oxygens (including phenoxy) is 8. The SMILES string of the molecule is COC1C(C(=O)O)OC(OC2C(O)C(CO)OC(OC3C(C(=O)O)OC(OC4C(O)C(CO)OC(C)C4NC(C)=O)C(O)C3C)C2NC(C)=O)C(O)C1O. The van der Waals surface area contributed by atoms with E-state index in [2.05, 4.69) is 10.6 Å². The van der Waals surface area contributed by atoms with E-state index in [0.717, 1.165) is 14.0 Å². The number of hydrogen-bond donors (Lipinski definition) is 11. The van der Waals surface area contributed by atoms with Crippen LogP contribution in [0.15, 0.2) is 0 Å². The number of hydrogen-bond acceptors (Lipinski definition) is 19.